The van der Waals surface area contributed by atoms with Gasteiger partial charge in [-0.05, 0) is 30.5 Å². The van der Waals surface area contributed by atoms with Gasteiger partial charge < -0.3 is 14.0 Å². The van der Waals surface area contributed by atoms with Gasteiger partial charge in [0.05, 0.1) is 26.2 Å². The highest BCUT2D eigenvalue weighted by atomic mass is 32.1. The predicted octanol–water partition coefficient (Wildman–Crippen LogP) is 2.23. The molecule has 0 spiro atoms. The van der Waals surface area contributed by atoms with E-state index in [4.69, 9.17) is 9.47 Å². The van der Waals surface area contributed by atoms with Crippen LogP contribution in [0.5, 0.6) is 11.5 Å². The summed E-state index contributed by atoms with van der Waals surface area (Å²) in [5.74, 6) is 1.14. The number of hydrogen-bond acceptors (Lipinski definition) is 6. The van der Waals surface area contributed by atoms with Gasteiger partial charge in [0.15, 0.2) is 11.5 Å². The molecule has 2 heterocycles. The first kappa shape index (κ1) is 14.5. The van der Waals surface area contributed by atoms with Crippen molar-refractivity contribution in [3.8, 4) is 11.5 Å². The van der Waals surface area contributed by atoms with Gasteiger partial charge in [0, 0.05) is 6.20 Å². The molecule has 0 radical (unpaired) electrons. The third-order valence-corrected chi connectivity index (χ3v) is 4.18. The van der Waals surface area contributed by atoms with E-state index in [2.05, 4.69) is 10.2 Å². The average molecular weight is 317 g/mol. The maximum absolute atomic E-state index is 12.6. The van der Waals surface area contributed by atoms with E-state index in [0.29, 0.717) is 23.4 Å². The van der Waals surface area contributed by atoms with Crippen LogP contribution in [0.15, 0.2) is 29.2 Å². The Morgan fingerprint density at radius 2 is 1.91 bits per heavy atom. The highest BCUT2D eigenvalue weighted by Crippen LogP contribution is 2.30. The van der Waals surface area contributed by atoms with Crippen molar-refractivity contribution in [1.29, 1.82) is 0 Å². The molecular weight excluding hydrogens is 302 g/mol. The Balaban J connectivity index is 2.10. The van der Waals surface area contributed by atoms with Crippen molar-refractivity contribution in [1.82, 2.24) is 14.8 Å². The number of rotatable bonds is 4. The van der Waals surface area contributed by atoms with Crippen LogP contribution in [0.25, 0.3) is 10.8 Å². The molecule has 7 heteroatoms. The molecule has 1 aromatic carbocycles. The van der Waals surface area contributed by atoms with E-state index >= 15 is 0 Å². The van der Waals surface area contributed by atoms with Gasteiger partial charge >= 0.3 is 0 Å². The molecule has 0 aliphatic carbocycles. The van der Waals surface area contributed by atoms with Crippen LogP contribution in [0.2, 0.25) is 0 Å². The minimum absolute atomic E-state index is 0.0914. The second-order valence-corrected chi connectivity index (χ2v) is 6.02. The van der Waals surface area contributed by atoms with E-state index in [-0.39, 0.29) is 5.56 Å². The third-order valence-electron chi connectivity index (χ3n) is 3.35. The standard InChI is InChI=1S/C15H15N3O3S/c1-9-16-17-14(22-9)8-18-5-4-10-6-12(20-2)13(21-3)7-11(10)15(18)19/h4-7H,8H2,1-3H3. The molecule has 0 bridgehead atoms. The van der Waals surface area contributed by atoms with Crippen LogP contribution in [0.4, 0.5) is 0 Å². The number of pyridine rings is 1. The SMILES string of the molecule is COc1cc2ccn(Cc3nnc(C)s3)c(=O)c2cc1OC. The van der Waals surface area contributed by atoms with E-state index in [1.807, 2.05) is 13.0 Å². The summed E-state index contributed by atoms with van der Waals surface area (Å²) in [6, 6.07) is 5.39. The van der Waals surface area contributed by atoms with Crippen molar-refractivity contribution in [2.45, 2.75) is 13.5 Å². The summed E-state index contributed by atoms with van der Waals surface area (Å²) >= 11 is 1.48. The zero-order valence-corrected chi connectivity index (χ0v) is 13.3. The molecule has 6 nitrogen and oxygen atoms in total. The molecule has 0 saturated carbocycles. The van der Waals surface area contributed by atoms with E-state index in [1.165, 1.54) is 11.3 Å². The Bertz CT molecular complexity index is 885. The Hall–Kier alpha value is -2.41. The maximum Gasteiger partial charge on any atom is 0.258 e. The number of nitrogens with zero attached hydrogens (tertiary/aromatic N) is 3. The van der Waals surface area contributed by atoms with E-state index < -0.39 is 0 Å². The monoisotopic (exact) mass is 317 g/mol. The molecule has 0 saturated heterocycles. The molecule has 114 valence electrons. The molecule has 0 unspecified atom stereocenters. The van der Waals surface area contributed by atoms with Gasteiger partial charge in [-0.2, -0.15) is 0 Å². The Morgan fingerprint density at radius 1 is 1.18 bits per heavy atom. The van der Waals surface area contributed by atoms with Gasteiger partial charge in [0.25, 0.3) is 5.56 Å². The highest BCUT2D eigenvalue weighted by molar-refractivity contribution is 7.11. The number of hydrogen-bond donors (Lipinski definition) is 0. The fourth-order valence-electron chi connectivity index (χ4n) is 2.28. The zero-order valence-electron chi connectivity index (χ0n) is 12.5. The fraction of sp³-hybridized carbons (Fsp3) is 0.267. The van der Waals surface area contributed by atoms with E-state index in [0.717, 1.165) is 15.4 Å². The molecule has 0 N–H and O–H groups in total. The van der Waals surface area contributed by atoms with Crippen LogP contribution in [0.3, 0.4) is 0 Å². The van der Waals surface area contributed by atoms with Crippen molar-refractivity contribution in [3.63, 3.8) is 0 Å². The summed E-state index contributed by atoms with van der Waals surface area (Å²) in [5, 5.41) is 11.1. The van der Waals surface area contributed by atoms with Crippen molar-refractivity contribution < 1.29 is 9.47 Å². The Kier molecular flexibility index (Phi) is 3.81. The van der Waals surface area contributed by atoms with E-state index in [9.17, 15) is 4.79 Å². The Morgan fingerprint density at radius 3 is 2.55 bits per heavy atom. The zero-order chi connectivity index (χ0) is 15.7. The molecule has 0 fully saturated rings. The van der Waals surface area contributed by atoms with Crippen LogP contribution in [-0.2, 0) is 6.54 Å². The lowest BCUT2D eigenvalue weighted by molar-refractivity contribution is 0.356. The average Bonchev–Trinajstić information content (AvgIpc) is 2.94. The van der Waals surface area contributed by atoms with Crippen LogP contribution < -0.4 is 15.0 Å². The van der Waals surface area contributed by atoms with Crippen molar-refractivity contribution in [2.24, 2.45) is 0 Å². The van der Waals surface area contributed by atoms with Crippen molar-refractivity contribution >= 4 is 22.1 Å². The molecule has 0 aliphatic heterocycles. The van der Waals surface area contributed by atoms with Crippen LogP contribution in [0, 0.1) is 6.92 Å². The quantitative estimate of drug-likeness (QED) is 0.738. The van der Waals surface area contributed by atoms with Crippen molar-refractivity contribution in [2.75, 3.05) is 14.2 Å². The first-order valence-electron chi connectivity index (χ1n) is 6.66. The Labute approximate surface area is 130 Å². The molecule has 3 rings (SSSR count). The summed E-state index contributed by atoms with van der Waals surface area (Å²) in [5.41, 5.74) is -0.0914. The lowest BCUT2D eigenvalue weighted by atomic mass is 10.1. The minimum atomic E-state index is -0.0914. The lowest BCUT2D eigenvalue weighted by Gasteiger charge is -2.10. The molecule has 3 aromatic rings. The summed E-state index contributed by atoms with van der Waals surface area (Å²) < 4.78 is 12.1. The third kappa shape index (κ3) is 2.55. The second-order valence-electron chi connectivity index (χ2n) is 4.76. The molecule has 0 aliphatic rings. The number of aromatic nitrogens is 3. The summed E-state index contributed by atoms with van der Waals surface area (Å²) in [7, 11) is 3.12. The normalized spacial score (nSPS) is 10.9. The van der Waals surface area contributed by atoms with Gasteiger partial charge in [-0.3, -0.25) is 4.79 Å². The first-order chi connectivity index (χ1) is 10.6. The molecule has 0 atom stereocenters. The van der Waals surface area contributed by atoms with Crippen LogP contribution in [-0.4, -0.2) is 29.0 Å². The summed E-state index contributed by atoms with van der Waals surface area (Å²) in [4.78, 5) is 12.6. The minimum Gasteiger partial charge on any atom is -0.493 e. The predicted molar refractivity (Wildman–Crippen MR) is 85.1 cm³/mol. The van der Waals surface area contributed by atoms with E-state index in [1.54, 1.807) is 37.1 Å². The summed E-state index contributed by atoms with van der Waals surface area (Å²) in [6.45, 7) is 2.30. The van der Waals surface area contributed by atoms with Crippen LogP contribution >= 0.6 is 11.3 Å². The smallest absolute Gasteiger partial charge is 0.258 e. The summed E-state index contributed by atoms with van der Waals surface area (Å²) in [6.07, 6.45) is 1.76. The van der Waals surface area contributed by atoms with Crippen molar-refractivity contribution in [3.05, 3.63) is 44.8 Å². The number of fused-ring (bicyclic) bond motifs is 1. The van der Waals surface area contributed by atoms with Gasteiger partial charge in [0.2, 0.25) is 0 Å². The fourth-order valence-corrected chi connectivity index (χ4v) is 2.99. The number of aryl methyl sites for hydroxylation is 1. The largest absolute Gasteiger partial charge is 0.493 e. The molecular formula is C15H15N3O3S. The lowest BCUT2D eigenvalue weighted by Crippen LogP contribution is -2.20. The first-order valence-corrected chi connectivity index (χ1v) is 7.48. The highest BCUT2D eigenvalue weighted by Gasteiger charge is 2.11. The molecule has 0 amide bonds. The second kappa shape index (κ2) is 5.76. The van der Waals surface area contributed by atoms with Gasteiger partial charge in [-0.1, -0.05) is 11.3 Å². The topological polar surface area (TPSA) is 66.2 Å². The van der Waals surface area contributed by atoms with Crippen LogP contribution in [0.1, 0.15) is 10.0 Å². The molecule has 2 aromatic heterocycles. The van der Waals surface area contributed by atoms with Gasteiger partial charge in [0.1, 0.15) is 10.0 Å². The number of benzene rings is 1. The molecule has 22 heavy (non-hydrogen) atoms. The number of methoxy groups -OCH3 is 2. The van der Waals surface area contributed by atoms with Gasteiger partial charge in [-0.25, -0.2) is 0 Å². The maximum atomic E-state index is 12.6. The number of ether oxygens (including phenoxy) is 2. The van der Waals surface area contributed by atoms with Gasteiger partial charge in [-0.15, -0.1) is 10.2 Å².